The molecule has 120 valence electrons. The van der Waals surface area contributed by atoms with Crippen molar-refractivity contribution in [3.63, 3.8) is 0 Å². The summed E-state index contributed by atoms with van der Waals surface area (Å²) in [7, 11) is -2.88. The second-order valence-electron chi connectivity index (χ2n) is 6.48. The highest BCUT2D eigenvalue weighted by atomic mass is 32.2. The number of amides is 1. The van der Waals surface area contributed by atoms with Crippen LogP contribution in [0.2, 0.25) is 0 Å². The number of nitrogens with one attached hydrogen (secondary N) is 1. The van der Waals surface area contributed by atoms with E-state index in [0.717, 1.165) is 12.0 Å². The van der Waals surface area contributed by atoms with Crippen LogP contribution in [0.3, 0.4) is 0 Å². The predicted octanol–water partition coefficient (Wildman–Crippen LogP) is 1.27. The molecule has 0 radical (unpaired) electrons. The minimum Gasteiger partial charge on any atom is -0.508 e. The summed E-state index contributed by atoms with van der Waals surface area (Å²) in [5.74, 6) is 0.695. The molecule has 0 bridgehead atoms. The van der Waals surface area contributed by atoms with Gasteiger partial charge in [-0.2, -0.15) is 0 Å². The fraction of sp³-hybridized carbons (Fsp3) is 0.562. The lowest BCUT2D eigenvalue weighted by Gasteiger charge is -2.22. The summed E-state index contributed by atoms with van der Waals surface area (Å²) >= 11 is 0. The quantitative estimate of drug-likeness (QED) is 0.874. The van der Waals surface area contributed by atoms with Crippen molar-refractivity contribution in [2.24, 2.45) is 11.3 Å². The number of rotatable bonds is 4. The van der Waals surface area contributed by atoms with Gasteiger partial charge in [0.2, 0.25) is 5.91 Å². The third kappa shape index (κ3) is 3.27. The van der Waals surface area contributed by atoms with Crippen molar-refractivity contribution < 1.29 is 18.3 Å². The van der Waals surface area contributed by atoms with Crippen LogP contribution in [0.1, 0.15) is 24.8 Å². The van der Waals surface area contributed by atoms with E-state index in [4.69, 9.17) is 0 Å². The third-order valence-corrected chi connectivity index (χ3v) is 6.60. The van der Waals surface area contributed by atoms with E-state index in [1.54, 1.807) is 18.2 Å². The van der Waals surface area contributed by atoms with Crippen LogP contribution in [0.15, 0.2) is 24.3 Å². The Bertz CT molecular complexity index is 669. The zero-order chi connectivity index (χ0) is 15.8. The summed E-state index contributed by atoms with van der Waals surface area (Å²) in [6, 6.07) is 7.01. The molecule has 5 nitrogen and oxygen atoms in total. The highest BCUT2D eigenvalue weighted by molar-refractivity contribution is 7.91. The van der Waals surface area contributed by atoms with E-state index in [2.05, 4.69) is 5.32 Å². The van der Waals surface area contributed by atoms with Crippen LogP contribution in [0, 0.1) is 11.3 Å². The zero-order valence-electron chi connectivity index (χ0n) is 12.4. The van der Waals surface area contributed by atoms with E-state index in [-0.39, 0.29) is 34.5 Å². The van der Waals surface area contributed by atoms with E-state index >= 15 is 0 Å². The largest absolute Gasteiger partial charge is 0.508 e. The normalized spacial score (nSPS) is 24.8. The van der Waals surface area contributed by atoms with Crippen LogP contribution in [-0.4, -0.2) is 37.5 Å². The maximum absolute atomic E-state index is 12.2. The van der Waals surface area contributed by atoms with Gasteiger partial charge < -0.3 is 10.4 Å². The first-order valence-corrected chi connectivity index (χ1v) is 9.48. The second kappa shape index (κ2) is 5.57. The minimum atomic E-state index is -2.88. The molecule has 1 saturated carbocycles. The van der Waals surface area contributed by atoms with Gasteiger partial charge in [0, 0.05) is 12.5 Å². The van der Waals surface area contributed by atoms with Gasteiger partial charge in [-0.3, -0.25) is 4.79 Å². The lowest BCUT2D eigenvalue weighted by atomic mass is 9.96. The molecule has 2 N–H and O–H groups in total. The van der Waals surface area contributed by atoms with Crippen LogP contribution >= 0.6 is 0 Å². The number of phenolic OH excluding ortho intramolecular Hbond substituents is 1. The van der Waals surface area contributed by atoms with Gasteiger partial charge in [0.05, 0.1) is 11.5 Å². The monoisotopic (exact) mass is 323 g/mol. The van der Waals surface area contributed by atoms with Gasteiger partial charge in [0.25, 0.3) is 0 Å². The number of hydrogen-bond acceptors (Lipinski definition) is 4. The second-order valence-corrected chi connectivity index (χ2v) is 8.79. The Morgan fingerprint density at radius 1 is 1.32 bits per heavy atom. The van der Waals surface area contributed by atoms with E-state index in [1.165, 1.54) is 0 Å². The molecule has 1 heterocycles. The summed E-state index contributed by atoms with van der Waals surface area (Å²) in [6.45, 7) is 0.535. The van der Waals surface area contributed by atoms with Crippen molar-refractivity contribution in [3.05, 3.63) is 29.8 Å². The number of hydrogen-bond donors (Lipinski definition) is 2. The molecule has 1 unspecified atom stereocenters. The van der Waals surface area contributed by atoms with E-state index in [9.17, 15) is 18.3 Å². The molecule has 1 aliphatic carbocycles. The molecule has 6 heteroatoms. The van der Waals surface area contributed by atoms with E-state index in [1.807, 2.05) is 6.07 Å². The Morgan fingerprint density at radius 3 is 2.73 bits per heavy atom. The lowest BCUT2D eigenvalue weighted by molar-refractivity contribution is -0.123. The van der Waals surface area contributed by atoms with Crippen molar-refractivity contribution >= 4 is 15.7 Å². The maximum atomic E-state index is 12.2. The highest BCUT2D eigenvalue weighted by Gasteiger charge is 2.59. The molecule has 1 aromatic rings. The van der Waals surface area contributed by atoms with Crippen molar-refractivity contribution in [2.75, 3.05) is 18.1 Å². The molecule has 2 aliphatic rings. The Hall–Kier alpha value is -1.56. The molecular formula is C16H21NO4S. The van der Waals surface area contributed by atoms with Gasteiger partial charge in [-0.25, -0.2) is 8.42 Å². The molecule has 2 fully saturated rings. The van der Waals surface area contributed by atoms with Crippen LogP contribution in [0.5, 0.6) is 5.75 Å². The Kier molecular flexibility index (Phi) is 3.89. The Morgan fingerprint density at radius 2 is 2.05 bits per heavy atom. The van der Waals surface area contributed by atoms with Crippen LogP contribution in [0.4, 0.5) is 0 Å². The first kappa shape index (κ1) is 15.3. The SMILES string of the molecule is O=C(NCCc1cccc(O)c1)C1CC12CCS(=O)(=O)CC2. The first-order chi connectivity index (χ1) is 10.4. The molecule has 1 aliphatic heterocycles. The standard InChI is InChI=1S/C16H21NO4S/c18-13-3-1-2-12(10-13)4-7-17-15(19)14-11-16(14)5-8-22(20,21)9-6-16/h1-3,10,14,18H,4-9,11H2,(H,17,19). The predicted molar refractivity (Wildman–Crippen MR) is 83.2 cm³/mol. The summed E-state index contributed by atoms with van der Waals surface area (Å²) in [6.07, 6.45) is 2.74. The van der Waals surface area contributed by atoms with Gasteiger partial charge in [-0.15, -0.1) is 0 Å². The molecule has 1 aromatic carbocycles. The molecule has 22 heavy (non-hydrogen) atoms. The lowest BCUT2D eigenvalue weighted by Crippen LogP contribution is -2.32. The van der Waals surface area contributed by atoms with Gasteiger partial charge in [0.15, 0.2) is 0 Å². The molecule has 1 atom stereocenters. The maximum Gasteiger partial charge on any atom is 0.223 e. The highest BCUT2D eigenvalue weighted by Crippen LogP contribution is 2.59. The van der Waals surface area contributed by atoms with Crippen molar-refractivity contribution in [1.29, 1.82) is 0 Å². The van der Waals surface area contributed by atoms with Crippen molar-refractivity contribution in [3.8, 4) is 5.75 Å². The fourth-order valence-electron chi connectivity index (χ4n) is 3.38. The molecule has 1 spiro atoms. The van der Waals surface area contributed by atoms with Gasteiger partial charge in [-0.1, -0.05) is 12.1 Å². The number of carbonyl (C=O) groups excluding carboxylic acids is 1. The summed E-state index contributed by atoms with van der Waals surface area (Å²) in [5.41, 5.74) is 0.926. The Labute approximate surface area is 130 Å². The number of carbonyl (C=O) groups is 1. The van der Waals surface area contributed by atoms with E-state index in [0.29, 0.717) is 25.8 Å². The molecule has 1 saturated heterocycles. The number of aromatic hydroxyl groups is 1. The van der Waals surface area contributed by atoms with Crippen molar-refractivity contribution in [2.45, 2.75) is 25.7 Å². The average molecular weight is 323 g/mol. The van der Waals surface area contributed by atoms with Gasteiger partial charge in [-0.05, 0) is 48.8 Å². The average Bonchev–Trinajstić information content (AvgIpc) is 3.18. The first-order valence-electron chi connectivity index (χ1n) is 7.66. The molecule has 0 aromatic heterocycles. The zero-order valence-corrected chi connectivity index (χ0v) is 13.2. The smallest absolute Gasteiger partial charge is 0.223 e. The van der Waals surface area contributed by atoms with E-state index < -0.39 is 9.84 Å². The fourth-order valence-corrected chi connectivity index (χ4v) is 5.02. The van der Waals surface area contributed by atoms with Crippen molar-refractivity contribution in [1.82, 2.24) is 5.32 Å². The Balaban J connectivity index is 1.46. The molecular weight excluding hydrogens is 302 g/mol. The molecule has 1 amide bonds. The van der Waals surface area contributed by atoms with Crippen LogP contribution in [-0.2, 0) is 21.1 Å². The summed E-state index contributed by atoms with van der Waals surface area (Å²) in [5, 5.41) is 12.3. The summed E-state index contributed by atoms with van der Waals surface area (Å²) < 4.78 is 23.0. The third-order valence-electron chi connectivity index (χ3n) is 4.95. The van der Waals surface area contributed by atoms with Gasteiger partial charge >= 0.3 is 0 Å². The topological polar surface area (TPSA) is 83.5 Å². The number of phenols is 1. The van der Waals surface area contributed by atoms with Crippen LogP contribution in [0.25, 0.3) is 0 Å². The minimum absolute atomic E-state index is 0.0211. The van der Waals surface area contributed by atoms with Crippen LogP contribution < -0.4 is 5.32 Å². The number of sulfone groups is 1. The number of benzene rings is 1. The van der Waals surface area contributed by atoms with Gasteiger partial charge in [0.1, 0.15) is 15.6 Å². The molecule has 3 rings (SSSR count). The summed E-state index contributed by atoms with van der Waals surface area (Å²) in [4.78, 5) is 12.2.